The van der Waals surface area contributed by atoms with Gasteiger partial charge in [0.1, 0.15) is 5.75 Å². The highest BCUT2D eigenvalue weighted by atomic mass is 16.7. The largest absolute Gasteiger partial charge is 0.484 e. The van der Waals surface area contributed by atoms with Gasteiger partial charge in [0.15, 0.2) is 18.1 Å². The molecule has 0 N–H and O–H groups in total. The van der Waals surface area contributed by atoms with Crippen molar-refractivity contribution in [3.63, 3.8) is 0 Å². The first-order valence-corrected chi connectivity index (χ1v) is 8.15. The van der Waals surface area contributed by atoms with Gasteiger partial charge >= 0.3 is 0 Å². The number of carbonyl (C=O) groups excluding carboxylic acids is 1. The second kappa shape index (κ2) is 6.43. The zero-order valence-electron chi connectivity index (χ0n) is 13.3. The van der Waals surface area contributed by atoms with Crippen LogP contribution in [0.1, 0.15) is 18.4 Å². The maximum absolute atomic E-state index is 12.6. The SMILES string of the molecule is O=C(COc1ccccc1)N(Cc1ccc2c(c1)OCO2)C1CC1. The quantitative estimate of drug-likeness (QED) is 0.819. The molecule has 1 heterocycles. The van der Waals surface area contributed by atoms with Gasteiger partial charge in [-0.05, 0) is 42.7 Å². The van der Waals surface area contributed by atoms with E-state index in [0.717, 1.165) is 29.9 Å². The summed E-state index contributed by atoms with van der Waals surface area (Å²) in [5.74, 6) is 2.23. The maximum atomic E-state index is 12.6. The summed E-state index contributed by atoms with van der Waals surface area (Å²) in [7, 11) is 0. The number of carbonyl (C=O) groups is 1. The number of hydrogen-bond donors (Lipinski definition) is 0. The summed E-state index contributed by atoms with van der Waals surface area (Å²) in [5.41, 5.74) is 1.04. The summed E-state index contributed by atoms with van der Waals surface area (Å²) in [6.07, 6.45) is 2.11. The number of nitrogens with zero attached hydrogens (tertiary/aromatic N) is 1. The van der Waals surface area contributed by atoms with Gasteiger partial charge < -0.3 is 19.1 Å². The second-order valence-corrected chi connectivity index (χ2v) is 6.04. The van der Waals surface area contributed by atoms with E-state index in [-0.39, 0.29) is 19.3 Å². The van der Waals surface area contributed by atoms with E-state index < -0.39 is 0 Å². The molecule has 0 atom stereocenters. The van der Waals surface area contributed by atoms with Gasteiger partial charge in [0.05, 0.1) is 0 Å². The molecule has 0 spiro atoms. The minimum atomic E-state index is 0.0130. The van der Waals surface area contributed by atoms with Crippen LogP contribution in [0.3, 0.4) is 0 Å². The average molecular weight is 325 g/mol. The number of fused-ring (bicyclic) bond motifs is 1. The number of benzene rings is 2. The number of hydrogen-bond acceptors (Lipinski definition) is 4. The van der Waals surface area contributed by atoms with E-state index >= 15 is 0 Å². The highest BCUT2D eigenvalue weighted by Gasteiger charge is 2.33. The Morgan fingerprint density at radius 1 is 1.08 bits per heavy atom. The average Bonchev–Trinajstić information content (AvgIpc) is 3.35. The standard InChI is InChI=1S/C19H19NO4/c21-19(12-22-16-4-2-1-3-5-16)20(15-7-8-15)11-14-6-9-17-18(10-14)24-13-23-17/h1-6,9-10,15H,7-8,11-13H2. The zero-order chi connectivity index (χ0) is 16.4. The van der Waals surface area contributed by atoms with Crippen LogP contribution < -0.4 is 14.2 Å². The summed E-state index contributed by atoms with van der Waals surface area (Å²) in [4.78, 5) is 14.5. The molecule has 5 heteroatoms. The summed E-state index contributed by atoms with van der Waals surface area (Å²) in [6, 6.07) is 15.6. The minimum absolute atomic E-state index is 0.0130. The molecule has 2 aromatic carbocycles. The van der Waals surface area contributed by atoms with Crippen LogP contribution in [0.25, 0.3) is 0 Å². The van der Waals surface area contributed by atoms with Crippen molar-refractivity contribution in [1.82, 2.24) is 4.90 Å². The highest BCUT2D eigenvalue weighted by Crippen LogP contribution is 2.34. The van der Waals surface area contributed by atoms with Crippen molar-refractivity contribution in [1.29, 1.82) is 0 Å². The van der Waals surface area contributed by atoms with E-state index in [4.69, 9.17) is 14.2 Å². The van der Waals surface area contributed by atoms with Crippen molar-refractivity contribution in [3.05, 3.63) is 54.1 Å². The fraction of sp³-hybridized carbons (Fsp3) is 0.316. The Morgan fingerprint density at radius 2 is 1.88 bits per heavy atom. The Labute approximate surface area is 140 Å². The van der Waals surface area contributed by atoms with Crippen LogP contribution in [0.4, 0.5) is 0 Å². The molecule has 1 fully saturated rings. The number of amides is 1. The lowest BCUT2D eigenvalue weighted by Crippen LogP contribution is -2.36. The monoisotopic (exact) mass is 325 g/mol. The fourth-order valence-corrected chi connectivity index (χ4v) is 2.79. The lowest BCUT2D eigenvalue weighted by molar-refractivity contribution is -0.134. The van der Waals surface area contributed by atoms with Crippen LogP contribution in [0.2, 0.25) is 0 Å². The second-order valence-electron chi connectivity index (χ2n) is 6.04. The third kappa shape index (κ3) is 3.30. The first kappa shape index (κ1) is 14.9. The van der Waals surface area contributed by atoms with Gasteiger partial charge in [-0.25, -0.2) is 0 Å². The first-order valence-electron chi connectivity index (χ1n) is 8.15. The van der Waals surface area contributed by atoms with Crippen molar-refractivity contribution in [2.24, 2.45) is 0 Å². The van der Waals surface area contributed by atoms with Crippen LogP contribution in [-0.2, 0) is 11.3 Å². The minimum Gasteiger partial charge on any atom is -0.484 e. The molecule has 24 heavy (non-hydrogen) atoms. The van der Waals surface area contributed by atoms with Gasteiger partial charge in [-0.15, -0.1) is 0 Å². The van der Waals surface area contributed by atoms with Gasteiger partial charge in [0, 0.05) is 12.6 Å². The molecule has 0 unspecified atom stereocenters. The van der Waals surface area contributed by atoms with Crippen LogP contribution in [0, 0.1) is 0 Å². The van der Waals surface area contributed by atoms with Gasteiger partial charge in [-0.2, -0.15) is 0 Å². The van der Waals surface area contributed by atoms with Gasteiger partial charge in [0.2, 0.25) is 6.79 Å². The normalized spacial score (nSPS) is 15.2. The molecular weight excluding hydrogens is 306 g/mol. The topological polar surface area (TPSA) is 48.0 Å². The molecule has 1 aliphatic carbocycles. The van der Waals surface area contributed by atoms with E-state index in [1.165, 1.54) is 0 Å². The molecule has 0 saturated heterocycles. The Bertz CT molecular complexity index is 727. The number of para-hydroxylation sites is 1. The molecule has 0 bridgehead atoms. The van der Waals surface area contributed by atoms with Crippen LogP contribution in [0.15, 0.2) is 48.5 Å². The van der Waals surface area contributed by atoms with Crippen molar-refractivity contribution in [2.45, 2.75) is 25.4 Å². The lowest BCUT2D eigenvalue weighted by Gasteiger charge is -2.23. The Morgan fingerprint density at radius 3 is 2.67 bits per heavy atom. The molecular formula is C19H19NO4. The first-order chi connectivity index (χ1) is 11.8. The number of rotatable bonds is 6. The van der Waals surface area contributed by atoms with Gasteiger partial charge in [-0.3, -0.25) is 4.79 Å². The van der Waals surface area contributed by atoms with Crippen molar-refractivity contribution in [3.8, 4) is 17.2 Å². The van der Waals surface area contributed by atoms with Crippen molar-refractivity contribution >= 4 is 5.91 Å². The van der Waals surface area contributed by atoms with Crippen LogP contribution in [-0.4, -0.2) is 30.2 Å². The van der Waals surface area contributed by atoms with E-state index in [1.54, 1.807) is 0 Å². The number of ether oxygens (including phenoxy) is 3. The van der Waals surface area contributed by atoms with E-state index in [1.807, 2.05) is 53.4 Å². The Hall–Kier alpha value is -2.69. The predicted octanol–water partition coefficient (Wildman–Crippen LogP) is 2.99. The smallest absolute Gasteiger partial charge is 0.261 e. The third-order valence-corrected chi connectivity index (χ3v) is 4.20. The predicted molar refractivity (Wildman–Crippen MR) is 88.1 cm³/mol. The molecule has 5 nitrogen and oxygen atoms in total. The van der Waals surface area contributed by atoms with Gasteiger partial charge in [-0.1, -0.05) is 24.3 Å². The van der Waals surface area contributed by atoms with Crippen molar-refractivity contribution in [2.75, 3.05) is 13.4 Å². The van der Waals surface area contributed by atoms with E-state index in [0.29, 0.717) is 18.3 Å². The molecule has 2 aliphatic rings. The summed E-state index contributed by atoms with van der Waals surface area (Å²) >= 11 is 0. The summed E-state index contributed by atoms with van der Waals surface area (Å²) in [6.45, 7) is 0.887. The van der Waals surface area contributed by atoms with Crippen LogP contribution >= 0.6 is 0 Å². The molecule has 4 rings (SSSR count). The lowest BCUT2D eigenvalue weighted by atomic mass is 10.2. The highest BCUT2D eigenvalue weighted by molar-refractivity contribution is 5.78. The maximum Gasteiger partial charge on any atom is 0.261 e. The van der Waals surface area contributed by atoms with Gasteiger partial charge in [0.25, 0.3) is 5.91 Å². The molecule has 124 valence electrons. The molecule has 1 aliphatic heterocycles. The molecule has 2 aromatic rings. The Balaban J connectivity index is 1.41. The van der Waals surface area contributed by atoms with E-state index in [9.17, 15) is 4.79 Å². The fourth-order valence-electron chi connectivity index (χ4n) is 2.79. The molecule has 0 aromatic heterocycles. The molecule has 0 radical (unpaired) electrons. The van der Waals surface area contributed by atoms with Crippen molar-refractivity contribution < 1.29 is 19.0 Å². The Kier molecular flexibility index (Phi) is 3.99. The summed E-state index contributed by atoms with van der Waals surface area (Å²) < 4.78 is 16.3. The molecule has 1 amide bonds. The molecule has 1 saturated carbocycles. The third-order valence-electron chi connectivity index (χ3n) is 4.20. The van der Waals surface area contributed by atoms with Crippen LogP contribution in [0.5, 0.6) is 17.2 Å². The van der Waals surface area contributed by atoms with E-state index in [2.05, 4.69) is 0 Å². The zero-order valence-corrected chi connectivity index (χ0v) is 13.3. The summed E-state index contributed by atoms with van der Waals surface area (Å²) in [5, 5.41) is 0.